The third-order valence-electron chi connectivity index (χ3n) is 3.00. The summed E-state index contributed by atoms with van der Waals surface area (Å²) in [7, 11) is 0. The van der Waals surface area contributed by atoms with Crippen LogP contribution < -0.4 is 5.32 Å². The van der Waals surface area contributed by atoms with E-state index in [-0.39, 0.29) is 11.7 Å². The van der Waals surface area contributed by atoms with Gasteiger partial charge in [0, 0.05) is 11.0 Å². The molecule has 0 aliphatic carbocycles. The standard InChI is InChI=1S/C16H15BrFNO/c1-11-2-3-13(8-15(11)18)10-19-16(20)9-12-4-6-14(17)7-5-12/h2-8H,9-10H2,1H3,(H,19,20). The minimum Gasteiger partial charge on any atom is -0.352 e. The van der Waals surface area contributed by atoms with Crippen molar-refractivity contribution in [2.45, 2.75) is 19.9 Å². The van der Waals surface area contributed by atoms with Crippen molar-refractivity contribution >= 4 is 21.8 Å². The molecule has 2 nitrogen and oxygen atoms in total. The molecule has 0 heterocycles. The Morgan fingerprint density at radius 1 is 1.15 bits per heavy atom. The SMILES string of the molecule is Cc1ccc(CNC(=O)Cc2ccc(Br)cc2)cc1F. The number of hydrogen-bond acceptors (Lipinski definition) is 1. The zero-order valence-corrected chi connectivity index (χ0v) is 12.7. The van der Waals surface area contributed by atoms with Crippen LogP contribution in [-0.2, 0) is 17.8 Å². The van der Waals surface area contributed by atoms with Crippen LogP contribution in [-0.4, -0.2) is 5.91 Å². The van der Waals surface area contributed by atoms with E-state index < -0.39 is 0 Å². The highest BCUT2D eigenvalue weighted by Gasteiger charge is 2.04. The molecule has 0 aliphatic heterocycles. The molecule has 0 saturated heterocycles. The van der Waals surface area contributed by atoms with Crippen molar-refractivity contribution in [1.29, 1.82) is 0 Å². The second-order valence-electron chi connectivity index (χ2n) is 4.66. The largest absolute Gasteiger partial charge is 0.352 e. The smallest absolute Gasteiger partial charge is 0.224 e. The van der Waals surface area contributed by atoms with Crippen molar-refractivity contribution in [3.63, 3.8) is 0 Å². The number of nitrogens with one attached hydrogen (secondary N) is 1. The molecular formula is C16H15BrFNO. The average Bonchev–Trinajstić information content (AvgIpc) is 2.43. The first-order chi connectivity index (χ1) is 9.54. The summed E-state index contributed by atoms with van der Waals surface area (Å²) in [5, 5.41) is 2.79. The lowest BCUT2D eigenvalue weighted by Crippen LogP contribution is -2.24. The molecule has 0 atom stereocenters. The van der Waals surface area contributed by atoms with Crippen LogP contribution in [0.2, 0.25) is 0 Å². The molecule has 1 N–H and O–H groups in total. The van der Waals surface area contributed by atoms with Gasteiger partial charge in [0.15, 0.2) is 0 Å². The number of carbonyl (C=O) groups excluding carboxylic acids is 1. The Morgan fingerprint density at radius 2 is 1.80 bits per heavy atom. The molecule has 0 saturated carbocycles. The fraction of sp³-hybridized carbons (Fsp3) is 0.188. The van der Waals surface area contributed by atoms with Crippen molar-refractivity contribution < 1.29 is 9.18 Å². The maximum Gasteiger partial charge on any atom is 0.224 e. The van der Waals surface area contributed by atoms with E-state index in [0.29, 0.717) is 18.5 Å². The van der Waals surface area contributed by atoms with Gasteiger partial charge >= 0.3 is 0 Å². The van der Waals surface area contributed by atoms with Crippen LogP contribution in [0.1, 0.15) is 16.7 Å². The molecule has 0 fully saturated rings. The molecule has 2 aromatic rings. The van der Waals surface area contributed by atoms with Crippen molar-refractivity contribution in [3.8, 4) is 0 Å². The first kappa shape index (κ1) is 14.7. The number of amides is 1. The second kappa shape index (κ2) is 6.66. The Bertz CT molecular complexity index is 610. The lowest BCUT2D eigenvalue weighted by atomic mass is 10.1. The Morgan fingerprint density at radius 3 is 2.45 bits per heavy atom. The predicted molar refractivity (Wildman–Crippen MR) is 80.8 cm³/mol. The maximum atomic E-state index is 13.4. The summed E-state index contributed by atoms with van der Waals surface area (Å²) in [6, 6.07) is 12.6. The van der Waals surface area contributed by atoms with Gasteiger partial charge in [-0.15, -0.1) is 0 Å². The highest BCUT2D eigenvalue weighted by molar-refractivity contribution is 9.10. The lowest BCUT2D eigenvalue weighted by Gasteiger charge is -2.07. The summed E-state index contributed by atoms with van der Waals surface area (Å²) in [4.78, 5) is 11.8. The van der Waals surface area contributed by atoms with Gasteiger partial charge in [0.05, 0.1) is 6.42 Å². The maximum absolute atomic E-state index is 13.4. The normalized spacial score (nSPS) is 10.3. The first-order valence-electron chi connectivity index (χ1n) is 6.31. The van der Waals surface area contributed by atoms with Gasteiger partial charge in [-0.25, -0.2) is 4.39 Å². The van der Waals surface area contributed by atoms with Crippen LogP contribution >= 0.6 is 15.9 Å². The molecule has 20 heavy (non-hydrogen) atoms. The fourth-order valence-electron chi connectivity index (χ4n) is 1.80. The van der Waals surface area contributed by atoms with Gasteiger partial charge in [-0.3, -0.25) is 4.79 Å². The third kappa shape index (κ3) is 4.17. The van der Waals surface area contributed by atoms with Crippen molar-refractivity contribution in [3.05, 3.63) is 69.4 Å². The van der Waals surface area contributed by atoms with E-state index in [4.69, 9.17) is 0 Å². The fourth-order valence-corrected chi connectivity index (χ4v) is 2.06. The van der Waals surface area contributed by atoms with Crippen molar-refractivity contribution in [2.75, 3.05) is 0 Å². The van der Waals surface area contributed by atoms with Crippen LogP contribution in [0.15, 0.2) is 46.9 Å². The summed E-state index contributed by atoms with van der Waals surface area (Å²) in [5.74, 6) is -0.321. The molecular weight excluding hydrogens is 321 g/mol. The van der Waals surface area contributed by atoms with E-state index in [1.165, 1.54) is 6.07 Å². The summed E-state index contributed by atoms with van der Waals surface area (Å²) < 4.78 is 14.4. The van der Waals surface area contributed by atoms with Gasteiger partial charge in [-0.1, -0.05) is 40.2 Å². The van der Waals surface area contributed by atoms with Gasteiger partial charge in [0.1, 0.15) is 5.82 Å². The number of aryl methyl sites for hydroxylation is 1. The molecule has 4 heteroatoms. The van der Waals surface area contributed by atoms with Gasteiger partial charge in [-0.05, 0) is 41.8 Å². The van der Waals surface area contributed by atoms with Crippen molar-refractivity contribution in [2.24, 2.45) is 0 Å². The van der Waals surface area contributed by atoms with Gasteiger partial charge in [0.25, 0.3) is 0 Å². The van der Waals surface area contributed by atoms with Crippen LogP contribution in [0.3, 0.4) is 0 Å². The minimum atomic E-state index is -0.246. The number of rotatable bonds is 4. The molecule has 2 aromatic carbocycles. The van der Waals surface area contributed by atoms with Gasteiger partial charge in [-0.2, -0.15) is 0 Å². The number of carbonyl (C=O) groups is 1. The highest BCUT2D eigenvalue weighted by atomic mass is 79.9. The molecule has 0 bridgehead atoms. The molecule has 0 spiro atoms. The molecule has 0 aliphatic rings. The molecule has 2 rings (SSSR count). The van der Waals surface area contributed by atoms with Gasteiger partial charge < -0.3 is 5.32 Å². The van der Waals surface area contributed by atoms with Gasteiger partial charge in [0.2, 0.25) is 5.91 Å². The van der Waals surface area contributed by atoms with Crippen LogP contribution in [0, 0.1) is 12.7 Å². The molecule has 0 radical (unpaired) electrons. The zero-order chi connectivity index (χ0) is 14.5. The van der Waals surface area contributed by atoms with Crippen LogP contribution in [0.5, 0.6) is 0 Å². The average molecular weight is 336 g/mol. The van der Waals surface area contributed by atoms with E-state index in [2.05, 4.69) is 21.2 Å². The predicted octanol–water partition coefficient (Wildman–Crippen LogP) is 3.76. The highest BCUT2D eigenvalue weighted by Crippen LogP contribution is 2.11. The number of benzene rings is 2. The van der Waals surface area contributed by atoms with E-state index in [1.807, 2.05) is 30.3 Å². The number of hydrogen-bond donors (Lipinski definition) is 1. The quantitative estimate of drug-likeness (QED) is 0.905. The molecule has 1 amide bonds. The molecule has 0 unspecified atom stereocenters. The van der Waals surface area contributed by atoms with Crippen molar-refractivity contribution in [1.82, 2.24) is 5.32 Å². The Hall–Kier alpha value is -1.68. The zero-order valence-electron chi connectivity index (χ0n) is 11.1. The minimum absolute atomic E-state index is 0.0756. The Kier molecular flexibility index (Phi) is 4.90. The van der Waals surface area contributed by atoms with E-state index in [9.17, 15) is 9.18 Å². The third-order valence-corrected chi connectivity index (χ3v) is 3.53. The summed E-state index contributed by atoms with van der Waals surface area (Å²) in [5.41, 5.74) is 2.31. The summed E-state index contributed by atoms with van der Waals surface area (Å²) in [6.45, 7) is 2.05. The first-order valence-corrected chi connectivity index (χ1v) is 7.10. The van der Waals surface area contributed by atoms with E-state index >= 15 is 0 Å². The molecule has 0 aromatic heterocycles. The summed E-state index contributed by atoms with van der Waals surface area (Å²) >= 11 is 3.35. The second-order valence-corrected chi connectivity index (χ2v) is 5.58. The molecule has 104 valence electrons. The van der Waals surface area contributed by atoms with E-state index in [1.54, 1.807) is 13.0 Å². The van der Waals surface area contributed by atoms with Crippen LogP contribution in [0.4, 0.5) is 4.39 Å². The van der Waals surface area contributed by atoms with E-state index in [0.717, 1.165) is 15.6 Å². The monoisotopic (exact) mass is 335 g/mol. The Labute approximate surface area is 126 Å². The Balaban J connectivity index is 1.88. The lowest BCUT2D eigenvalue weighted by molar-refractivity contribution is -0.120. The number of halogens is 2. The van der Waals surface area contributed by atoms with Crippen LogP contribution in [0.25, 0.3) is 0 Å². The summed E-state index contributed by atoms with van der Waals surface area (Å²) in [6.07, 6.45) is 0.321. The topological polar surface area (TPSA) is 29.1 Å².